The van der Waals surface area contributed by atoms with Gasteiger partial charge in [-0.25, -0.2) is 4.98 Å². The van der Waals surface area contributed by atoms with Crippen molar-refractivity contribution in [3.8, 4) is 0 Å². The smallest absolute Gasteiger partial charge is 0.208 e. The van der Waals surface area contributed by atoms with Gasteiger partial charge in [-0.2, -0.15) is 0 Å². The molecule has 4 nitrogen and oxygen atoms in total. The molecule has 0 spiro atoms. The molecule has 0 bridgehead atoms. The Labute approximate surface area is 126 Å². The van der Waals surface area contributed by atoms with Crippen molar-refractivity contribution >= 4 is 0 Å². The second kappa shape index (κ2) is 5.73. The predicted molar refractivity (Wildman–Crippen MR) is 79.9 cm³/mol. The van der Waals surface area contributed by atoms with E-state index in [1.165, 1.54) is 44.9 Å². The fraction of sp³-hybridized carbons (Fsp3) is 0.824. The van der Waals surface area contributed by atoms with Gasteiger partial charge in [0.2, 0.25) is 5.89 Å². The summed E-state index contributed by atoms with van der Waals surface area (Å²) in [6.45, 7) is 1.94. The Bertz CT molecular complexity index is 483. The van der Waals surface area contributed by atoms with E-state index in [2.05, 4.69) is 9.88 Å². The van der Waals surface area contributed by atoms with Gasteiger partial charge in [0.15, 0.2) is 0 Å². The summed E-state index contributed by atoms with van der Waals surface area (Å²) in [4.78, 5) is 6.97. The number of nitrogens with zero attached hydrogens (tertiary/aromatic N) is 2. The first-order valence-electron chi connectivity index (χ1n) is 8.68. The van der Waals surface area contributed by atoms with Crippen LogP contribution in [0.25, 0.3) is 0 Å². The average Bonchev–Trinajstić information content (AvgIpc) is 3.07. The van der Waals surface area contributed by atoms with E-state index in [0.717, 1.165) is 31.2 Å². The molecule has 2 aliphatic carbocycles. The highest BCUT2D eigenvalue weighted by Gasteiger charge is 2.37. The van der Waals surface area contributed by atoms with Crippen LogP contribution in [0.15, 0.2) is 10.6 Å². The van der Waals surface area contributed by atoms with E-state index in [4.69, 9.17) is 4.42 Å². The lowest BCUT2D eigenvalue weighted by Gasteiger charge is -2.36. The van der Waals surface area contributed by atoms with Crippen LogP contribution in [0.1, 0.15) is 68.9 Å². The molecule has 0 aromatic carbocycles. The Balaban J connectivity index is 1.42. The third-order valence-electron chi connectivity index (χ3n) is 5.58. The lowest BCUT2D eigenvalue weighted by molar-refractivity contribution is 0.0181. The van der Waals surface area contributed by atoms with Crippen molar-refractivity contribution in [3.63, 3.8) is 0 Å². The van der Waals surface area contributed by atoms with E-state index in [9.17, 15) is 5.11 Å². The molecule has 2 heterocycles. The van der Waals surface area contributed by atoms with Gasteiger partial charge in [-0.05, 0) is 45.1 Å². The first-order chi connectivity index (χ1) is 10.3. The van der Waals surface area contributed by atoms with Crippen LogP contribution in [0.5, 0.6) is 0 Å². The van der Waals surface area contributed by atoms with Crippen LogP contribution in [0.3, 0.4) is 0 Å². The van der Waals surface area contributed by atoms with E-state index in [1.54, 1.807) is 0 Å². The van der Waals surface area contributed by atoms with Crippen LogP contribution in [0.2, 0.25) is 0 Å². The van der Waals surface area contributed by atoms with E-state index in [0.29, 0.717) is 17.9 Å². The highest BCUT2D eigenvalue weighted by molar-refractivity contribution is 5.08. The molecular formula is C17H26N2O2. The van der Waals surface area contributed by atoms with Gasteiger partial charge in [0.1, 0.15) is 5.76 Å². The van der Waals surface area contributed by atoms with Crippen LogP contribution < -0.4 is 0 Å². The van der Waals surface area contributed by atoms with Gasteiger partial charge in [-0.3, -0.25) is 4.90 Å². The molecule has 21 heavy (non-hydrogen) atoms. The number of aromatic nitrogens is 1. The topological polar surface area (TPSA) is 49.5 Å². The maximum atomic E-state index is 10.3. The molecule has 1 aromatic rings. The molecular weight excluding hydrogens is 264 g/mol. The van der Waals surface area contributed by atoms with Gasteiger partial charge >= 0.3 is 0 Å². The zero-order valence-corrected chi connectivity index (χ0v) is 12.7. The highest BCUT2D eigenvalue weighted by Crippen LogP contribution is 2.40. The molecule has 4 heteroatoms. The maximum absolute atomic E-state index is 10.3. The summed E-state index contributed by atoms with van der Waals surface area (Å²) in [6, 6.07) is 0.525. The van der Waals surface area contributed by atoms with Gasteiger partial charge in [-0.1, -0.05) is 12.8 Å². The standard InChI is InChI=1S/C17H26N2O2/c20-15-6-2-1-4-13(15)14-5-3-9-19(14)11-17-18-10-16(21-17)12-7-8-12/h10,12-15,20H,1-9,11H2/t13-,14-,15-/m1/s1. The third kappa shape index (κ3) is 2.88. The number of likely N-dealkylation sites (tertiary alicyclic amines) is 1. The number of aliphatic hydroxyl groups is 1. The zero-order chi connectivity index (χ0) is 14.2. The van der Waals surface area contributed by atoms with Crippen molar-refractivity contribution in [3.05, 3.63) is 17.8 Å². The molecule has 0 amide bonds. The van der Waals surface area contributed by atoms with Crippen molar-refractivity contribution in [2.24, 2.45) is 5.92 Å². The predicted octanol–water partition coefficient (Wildman–Crippen LogP) is 3.07. The first kappa shape index (κ1) is 13.8. The zero-order valence-electron chi connectivity index (χ0n) is 12.7. The molecule has 0 unspecified atom stereocenters. The minimum Gasteiger partial charge on any atom is -0.444 e. The van der Waals surface area contributed by atoms with E-state index >= 15 is 0 Å². The minimum atomic E-state index is -0.101. The molecule has 4 rings (SSSR count). The summed E-state index contributed by atoms with van der Waals surface area (Å²) in [5.41, 5.74) is 0. The van der Waals surface area contributed by atoms with Gasteiger partial charge in [0, 0.05) is 17.9 Å². The van der Waals surface area contributed by atoms with Crippen molar-refractivity contribution in [1.82, 2.24) is 9.88 Å². The van der Waals surface area contributed by atoms with Gasteiger partial charge in [0.25, 0.3) is 0 Å². The third-order valence-corrected chi connectivity index (χ3v) is 5.58. The minimum absolute atomic E-state index is 0.101. The monoisotopic (exact) mass is 290 g/mol. The molecule has 116 valence electrons. The van der Waals surface area contributed by atoms with Crippen molar-refractivity contribution in [2.45, 2.75) is 76.0 Å². The largest absolute Gasteiger partial charge is 0.444 e. The first-order valence-corrected chi connectivity index (χ1v) is 8.68. The molecule has 1 N–H and O–H groups in total. The molecule has 1 aliphatic heterocycles. The Hall–Kier alpha value is -0.870. The Morgan fingerprint density at radius 3 is 2.81 bits per heavy atom. The Morgan fingerprint density at radius 2 is 2.00 bits per heavy atom. The average molecular weight is 290 g/mol. The van der Waals surface area contributed by atoms with Crippen LogP contribution >= 0.6 is 0 Å². The molecule has 1 aromatic heterocycles. The van der Waals surface area contributed by atoms with Gasteiger partial charge in [-0.15, -0.1) is 0 Å². The van der Waals surface area contributed by atoms with Gasteiger partial charge in [0.05, 0.1) is 18.8 Å². The summed E-state index contributed by atoms with van der Waals surface area (Å²) in [5.74, 6) is 3.05. The number of aliphatic hydroxyl groups excluding tert-OH is 1. The second-order valence-electron chi connectivity index (χ2n) is 7.13. The summed E-state index contributed by atoms with van der Waals surface area (Å²) < 4.78 is 5.92. The maximum Gasteiger partial charge on any atom is 0.208 e. The van der Waals surface area contributed by atoms with E-state index in [-0.39, 0.29) is 6.10 Å². The molecule has 2 saturated carbocycles. The summed E-state index contributed by atoms with van der Waals surface area (Å²) >= 11 is 0. The number of hydrogen-bond donors (Lipinski definition) is 1. The van der Waals surface area contributed by atoms with Crippen molar-refractivity contribution < 1.29 is 9.52 Å². The summed E-state index contributed by atoms with van der Waals surface area (Å²) in [7, 11) is 0. The molecule has 3 atom stereocenters. The lowest BCUT2D eigenvalue weighted by atomic mass is 9.80. The molecule has 1 saturated heterocycles. The fourth-order valence-electron chi connectivity index (χ4n) is 4.25. The quantitative estimate of drug-likeness (QED) is 0.926. The second-order valence-corrected chi connectivity index (χ2v) is 7.13. The van der Waals surface area contributed by atoms with Crippen LogP contribution in [0.4, 0.5) is 0 Å². The normalized spacial score (nSPS) is 34.4. The summed E-state index contributed by atoms with van der Waals surface area (Å²) in [5, 5.41) is 10.3. The van der Waals surface area contributed by atoms with E-state index in [1.807, 2.05) is 6.20 Å². The SMILES string of the molecule is O[C@@H]1CCCC[C@@H]1[C@H]1CCCN1Cc1ncc(C2CC2)o1. The van der Waals surface area contributed by atoms with Crippen molar-refractivity contribution in [1.29, 1.82) is 0 Å². The number of oxazole rings is 1. The summed E-state index contributed by atoms with van der Waals surface area (Å²) in [6.07, 6.45) is 11.4. The molecule has 3 aliphatic rings. The lowest BCUT2D eigenvalue weighted by Crippen LogP contribution is -2.42. The van der Waals surface area contributed by atoms with Crippen LogP contribution in [-0.4, -0.2) is 33.7 Å². The van der Waals surface area contributed by atoms with Crippen LogP contribution in [-0.2, 0) is 6.54 Å². The highest BCUT2D eigenvalue weighted by atomic mass is 16.4. The van der Waals surface area contributed by atoms with Crippen LogP contribution in [0, 0.1) is 5.92 Å². The fourth-order valence-corrected chi connectivity index (χ4v) is 4.25. The number of rotatable bonds is 4. The van der Waals surface area contributed by atoms with Crippen molar-refractivity contribution in [2.75, 3.05) is 6.54 Å². The Morgan fingerprint density at radius 1 is 1.14 bits per heavy atom. The van der Waals surface area contributed by atoms with Gasteiger partial charge < -0.3 is 9.52 Å². The number of hydrogen-bond acceptors (Lipinski definition) is 4. The molecule has 3 fully saturated rings. The molecule has 0 radical (unpaired) electrons. The Kier molecular flexibility index (Phi) is 3.76. The van der Waals surface area contributed by atoms with E-state index < -0.39 is 0 Å².